The second kappa shape index (κ2) is 8.80. The van der Waals surface area contributed by atoms with Crippen molar-refractivity contribution in [3.63, 3.8) is 0 Å². The molecule has 7 atom stereocenters. The lowest BCUT2D eigenvalue weighted by atomic mass is 9.70. The summed E-state index contributed by atoms with van der Waals surface area (Å²) in [5.74, 6) is 2.22. The average molecular weight is 378 g/mol. The molecule has 0 fully saturated rings. The number of allylic oxidation sites excluding steroid dienone is 6. The van der Waals surface area contributed by atoms with Gasteiger partial charge in [0.25, 0.3) is 0 Å². The fourth-order valence-corrected chi connectivity index (χ4v) is 5.48. The second-order valence-electron chi connectivity index (χ2n) is 9.06. The Balaban J connectivity index is 1.50. The lowest BCUT2D eigenvalue weighted by Gasteiger charge is -2.40. The smallest absolute Gasteiger partial charge is 0.0827 e. The molecule has 0 saturated heterocycles. The molecule has 0 radical (unpaired) electrons. The predicted octanol–water partition coefficient (Wildman–Crippen LogP) is 5.26. The molecule has 0 aromatic heterocycles. The van der Waals surface area contributed by atoms with Crippen LogP contribution in [0.4, 0.5) is 0 Å². The molecule has 0 aromatic rings. The number of hydrogen-bond donors (Lipinski definition) is 2. The second-order valence-corrected chi connectivity index (χ2v) is 9.06. The van der Waals surface area contributed by atoms with Gasteiger partial charge in [-0.3, -0.25) is 0 Å². The SMILES string of the molecule is CC1=CCC(NC2C=CCCC2C2C=CCCC2C)C=C1C1C=CC=CC1O. The Morgan fingerprint density at radius 1 is 1.00 bits per heavy atom. The van der Waals surface area contributed by atoms with Crippen molar-refractivity contribution < 1.29 is 5.11 Å². The van der Waals surface area contributed by atoms with Gasteiger partial charge in [-0.2, -0.15) is 0 Å². The van der Waals surface area contributed by atoms with Crippen molar-refractivity contribution in [2.45, 2.75) is 64.1 Å². The van der Waals surface area contributed by atoms with Gasteiger partial charge in [-0.25, -0.2) is 0 Å². The summed E-state index contributed by atoms with van der Waals surface area (Å²) in [6, 6.07) is 0.772. The number of rotatable bonds is 4. The molecule has 2 N–H and O–H groups in total. The van der Waals surface area contributed by atoms with E-state index in [1.807, 2.05) is 12.2 Å². The van der Waals surface area contributed by atoms with Gasteiger partial charge in [-0.1, -0.05) is 73.3 Å². The van der Waals surface area contributed by atoms with Gasteiger partial charge in [-0.05, 0) is 62.4 Å². The topological polar surface area (TPSA) is 32.3 Å². The first-order chi connectivity index (χ1) is 13.6. The van der Waals surface area contributed by atoms with E-state index in [1.165, 1.54) is 36.8 Å². The maximum Gasteiger partial charge on any atom is 0.0827 e. The van der Waals surface area contributed by atoms with Crippen LogP contribution in [-0.4, -0.2) is 23.3 Å². The zero-order chi connectivity index (χ0) is 19.5. The summed E-state index contributed by atoms with van der Waals surface area (Å²) in [5, 5.41) is 14.4. The molecular formula is C26H35NO. The summed E-state index contributed by atoms with van der Waals surface area (Å²) in [4.78, 5) is 0. The van der Waals surface area contributed by atoms with E-state index in [2.05, 4.69) is 67.8 Å². The molecule has 0 aromatic carbocycles. The standard InChI is InChI=1S/C26H35NO/c1-18-9-3-4-10-21(18)22-11-5-7-13-25(22)27-20-16-15-19(2)24(17-20)23-12-6-8-14-26(23)28/h4,6-8,10,12-15,17-18,20-23,25-28H,3,5,9,11,16H2,1-2H3. The molecule has 2 heteroatoms. The molecule has 0 aliphatic heterocycles. The average Bonchev–Trinajstić information content (AvgIpc) is 2.71. The molecule has 0 heterocycles. The molecule has 2 nitrogen and oxygen atoms in total. The fraction of sp³-hybridized carbons (Fsp3) is 0.538. The third kappa shape index (κ3) is 4.18. The van der Waals surface area contributed by atoms with Crippen LogP contribution in [0.1, 0.15) is 46.0 Å². The van der Waals surface area contributed by atoms with E-state index in [1.54, 1.807) is 0 Å². The monoisotopic (exact) mass is 377 g/mol. The quantitative estimate of drug-likeness (QED) is 0.655. The van der Waals surface area contributed by atoms with Crippen LogP contribution in [-0.2, 0) is 0 Å². The minimum atomic E-state index is -0.422. The molecule has 4 aliphatic rings. The van der Waals surface area contributed by atoms with Crippen LogP contribution in [0.2, 0.25) is 0 Å². The van der Waals surface area contributed by atoms with Crippen LogP contribution >= 0.6 is 0 Å². The van der Waals surface area contributed by atoms with Gasteiger partial charge in [0, 0.05) is 18.0 Å². The van der Waals surface area contributed by atoms with Gasteiger partial charge in [0.1, 0.15) is 0 Å². The molecule has 28 heavy (non-hydrogen) atoms. The largest absolute Gasteiger partial charge is 0.388 e. The van der Waals surface area contributed by atoms with Crippen LogP contribution < -0.4 is 5.32 Å². The van der Waals surface area contributed by atoms with Crippen molar-refractivity contribution in [1.29, 1.82) is 0 Å². The number of aliphatic hydroxyl groups is 1. The molecule has 4 rings (SSSR count). The molecule has 0 saturated carbocycles. The van der Waals surface area contributed by atoms with Gasteiger partial charge in [-0.15, -0.1) is 0 Å². The van der Waals surface area contributed by atoms with Crippen molar-refractivity contribution >= 4 is 0 Å². The minimum Gasteiger partial charge on any atom is -0.388 e. The molecule has 0 amide bonds. The summed E-state index contributed by atoms with van der Waals surface area (Å²) in [5.41, 5.74) is 2.58. The predicted molar refractivity (Wildman–Crippen MR) is 118 cm³/mol. The van der Waals surface area contributed by atoms with E-state index in [9.17, 15) is 5.11 Å². The summed E-state index contributed by atoms with van der Waals surface area (Å²) in [7, 11) is 0. The van der Waals surface area contributed by atoms with Gasteiger partial charge >= 0.3 is 0 Å². The van der Waals surface area contributed by atoms with Crippen LogP contribution in [0.15, 0.2) is 71.9 Å². The van der Waals surface area contributed by atoms with Gasteiger partial charge in [0.05, 0.1) is 6.10 Å². The minimum absolute atomic E-state index is 0.0739. The Kier molecular flexibility index (Phi) is 6.18. The van der Waals surface area contributed by atoms with E-state index in [-0.39, 0.29) is 5.92 Å². The highest BCUT2D eigenvalue weighted by atomic mass is 16.3. The highest BCUT2D eigenvalue weighted by Crippen LogP contribution is 2.38. The summed E-state index contributed by atoms with van der Waals surface area (Å²) >= 11 is 0. The summed E-state index contributed by atoms with van der Waals surface area (Å²) < 4.78 is 0. The first-order valence-corrected chi connectivity index (χ1v) is 11.1. The number of nitrogens with one attached hydrogen (secondary N) is 1. The molecule has 4 aliphatic carbocycles. The zero-order valence-electron chi connectivity index (χ0n) is 17.3. The van der Waals surface area contributed by atoms with E-state index >= 15 is 0 Å². The van der Waals surface area contributed by atoms with Gasteiger partial charge in [0.15, 0.2) is 0 Å². The summed E-state index contributed by atoms with van der Waals surface area (Å²) in [6.07, 6.45) is 28.1. The molecule has 7 unspecified atom stereocenters. The third-order valence-electron chi connectivity index (χ3n) is 7.16. The van der Waals surface area contributed by atoms with E-state index in [0.717, 1.165) is 12.3 Å². The van der Waals surface area contributed by atoms with Crippen molar-refractivity contribution in [2.24, 2.45) is 23.7 Å². The lowest BCUT2D eigenvalue weighted by molar-refractivity contribution is 0.190. The normalized spacial score (nSPS) is 40.3. The van der Waals surface area contributed by atoms with Gasteiger partial charge < -0.3 is 10.4 Å². The van der Waals surface area contributed by atoms with Crippen molar-refractivity contribution in [3.05, 3.63) is 71.9 Å². The zero-order valence-corrected chi connectivity index (χ0v) is 17.3. The van der Waals surface area contributed by atoms with Crippen molar-refractivity contribution in [3.8, 4) is 0 Å². The van der Waals surface area contributed by atoms with E-state index in [0.29, 0.717) is 23.9 Å². The Labute approximate surface area is 170 Å². The van der Waals surface area contributed by atoms with E-state index < -0.39 is 6.10 Å². The fourth-order valence-electron chi connectivity index (χ4n) is 5.48. The Hall–Kier alpha value is -1.64. The number of aliphatic hydroxyl groups excluding tert-OH is 1. The molecular weight excluding hydrogens is 342 g/mol. The Morgan fingerprint density at radius 3 is 2.61 bits per heavy atom. The summed E-state index contributed by atoms with van der Waals surface area (Å²) in [6.45, 7) is 4.61. The first-order valence-electron chi connectivity index (χ1n) is 11.1. The molecule has 150 valence electrons. The molecule has 0 bridgehead atoms. The van der Waals surface area contributed by atoms with Crippen LogP contribution in [0.25, 0.3) is 0 Å². The maximum atomic E-state index is 10.4. The maximum absolute atomic E-state index is 10.4. The molecule has 0 spiro atoms. The third-order valence-corrected chi connectivity index (χ3v) is 7.16. The van der Waals surface area contributed by atoms with Crippen molar-refractivity contribution in [2.75, 3.05) is 0 Å². The van der Waals surface area contributed by atoms with Gasteiger partial charge in [0.2, 0.25) is 0 Å². The Morgan fingerprint density at radius 2 is 1.79 bits per heavy atom. The van der Waals surface area contributed by atoms with Crippen LogP contribution in [0.5, 0.6) is 0 Å². The number of hydrogen-bond acceptors (Lipinski definition) is 2. The van der Waals surface area contributed by atoms with Crippen LogP contribution in [0.3, 0.4) is 0 Å². The van der Waals surface area contributed by atoms with E-state index in [4.69, 9.17) is 0 Å². The Bertz CT molecular complexity index is 738. The highest BCUT2D eigenvalue weighted by molar-refractivity contribution is 5.41. The van der Waals surface area contributed by atoms with Crippen molar-refractivity contribution in [1.82, 2.24) is 5.32 Å². The lowest BCUT2D eigenvalue weighted by Crippen LogP contribution is -2.46. The highest BCUT2D eigenvalue weighted by Gasteiger charge is 2.33. The van der Waals surface area contributed by atoms with Crippen LogP contribution in [0, 0.1) is 23.7 Å². The first kappa shape index (κ1) is 19.7.